The Morgan fingerprint density at radius 3 is 2.76 bits per heavy atom. The van der Waals surface area contributed by atoms with Crippen molar-refractivity contribution < 1.29 is 24.2 Å². The lowest BCUT2D eigenvalue weighted by molar-refractivity contribution is -0.137. The summed E-state index contributed by atoms with van der Waals surface area (Å²) in [5.74, 6) is -1.76. The summed E-state index contributed by atoms with van der Waals surface area (Å²) in [6.45, 7) is 0.348. The average molecular weight is 297 g/mol. The summed E-state index contributed by atoms with van der Waals surface area (Å²) >= 11 is 0. The highest BCUT2D eigenvalue weighted by molar-refractivity contribution is 5.95. The summed E-state index contributed by atoms with van der Waals surface area (Å²) in [7, 11) is 3.01. The number of carboxylic acids is 1. The van der Waals surface area contributed by atoms with Gasteiger partial charge in [-0.25, -0.2) is 0 Å². The van der Waals surface area contributed by atoms with Crippen LogP contribution < -0.4 is 5.32 Å². The molecule has 0 radical (unpaired) electrons. The molecule has 0 aliphatic carbocycles. The molecule has 8 heteroatoms. The number of hydrogen-bond donors (Lipinski definition) is 2. The number of methoxy groups -OCH3 is 1. The van der Waals surface area contributed by atoms with Gasteiger partial charge in [-0.3, -0.25) is 14.4 Å². The predicted molar refractivity (Wildman–Crippen MR) is 73.9 cm³/mol. The second kappa shape index (κ2) is 8.05. The number of rotatable bonds is 8. The maximum Gasteiger partial charge on any atom is 0.323 e. The second-order valence-electron chi connectivity index (χ2n) is 4.42. The van der Waals surface area contributed by atoms with Crippen LogP contribution in [0.5, 0.6) is 0 Å². The number of ether oxygens (including phenoxy) is 1. The minimum absolute atomic E-state index is 0.110. The fourth-order valence-corrected chi connectivity index (χ4v) is 1.72. The number of carboxylic acid groups (broad SMARTS) is 1. The van der Waals surface area contributed by atoms with Crippen LogP contribution >= 0.6 is 0 Å². The van der Waals surface area contributed by atoms with Crippen molar-refractivity contribution in [3.63, 3.8) is 0 Å². The van der Waals surface area contributed by atoms with Gasteiger partial charge in [0, 0.05) is 26.9 Å². The smallest absolute Gasteiger partial charge is 0.323 e. The standard InChI is InChI=1S/C13H19N3O5/c1-15(8-11(17)14-5-7-21-2)13(20)10-4-3-6-16(10)9-12(18)19/h3-4,6H,5,7-9H2,1-2H3,(H,14,17)(H,18,19). The monoisotopic (exact) mass is 297 g/mol. The van der Waals surface area contributed by atoms with Gasteiger partial charge in [-0.05, 0) is 12.1 Å². The molecule has 0 saturated heterocycles. The van der Waals surface area contributed by atoms with Crippen molar-refractivity contribution in [1.82, 2.24) is 14.8 Å². The van der Waals surface area contributed by atoms with Crippen molar-refractivity contribution in [1.29, 1.82) is 0 Å². The third-order valence-corrected chi connectivity index (χ3v) is 2.71. The summed E-state index contributed by atoms with van der Waals surface area (Å²) in [5, 5.41) is 11.4. The van der Waals surface area contributed by atoms with Gasteiger partial charge in [-0.15, -0.1) is 0 Å². The molecule has 0 aliphatic rings. The first-order chi connectivity index (χ1) is 9.95. The molecule has 1 aromatic heterocycles. The third-order valence-electron chi connectivity index (χ3n) is 2.71. The second-order valence-corrected chi connectivity index (χ2v) is 4.42. The van der Waals surface area contributed by atoms with E-state index in [0.29, 0.717) is 13.2 Å². The number of aromatic nitrogens is 1. The van der Waals surface area contributed by atoms with Gasteiger partial charge >= 0.3 is 5.97 Å². The molecule has 1 aromatic rings. The number of aliphatic carboxylic acids is 1. The van der Waals surface area contributed by atoms with E-state index in [1.165, 1.54) is 35.9 Å². The van der Waals surface area contributed by atoms with Crippen molar-refractivity contribution in [3.05, 3.63) is 24.0 Å². The molecule has 0 saturated carbocycles. The van der Waals surface area contributed by atoms with E-state index in [9.17, 15) is 14.4 Å². The summed E-state index contributed by atoms with van der Waals surface area (Å²) in [6, 6.07) is 3.10. The van der Waals surface area contributed by atoms with Crippen LogP contribution in [0.3, 0.4) is 0 Å². The molecule has 0 spiro atoms. The molecule has 0 bridgehead atoms. The maximum absolute atomic E-state index is 12.2. The first-order valence-corrected chi connectivity index (χ1v) is 6.33. The van der Waals surface area contributed by atoms with Crippen molar-refractivity contribution >= 4 is 17.8 Å². The van der Waals surface area contributed by atoms with Crippen molar-refractivity contribution in [2.75, 3.05) is 33.9 Å². The first-order valence-electron chi connectivity index (χ1n) is 6.33. The van der Waals surface area contributed by atoms with Crippen LogP contribution in [0.25, 0.3) is 0 Å². The quantitative estimate of drug-likeness (QED) is 0.624. The minimum Gasteiger partial charge on any atom is -0.480 e. The van der Waals surface area contributed by atoms with Gasteiger partial charge in [0.05, 0.1) is 13.2 Å². The Kier molecular flexibility index (Phi) is 6.41. The Morgan fingerprint density at radius 2 is 2.14 bits per heavy atom. The number of nitrogens with zero attached hydrogens (tertiary/aromatic N) is 2. The number of likely N-dealkylation sites (N-methyl/N-ethyl adjacent to an activating group) is 1. The van der Waals surface area contributed by atoms with Crippen LogP contribution in [0, 0.1) is 0 Å². The van der Waals surface area contributed by atoms with Gasteiger partial charge < -0.3 is 24.6 Å². The van der Waals surface area contributed by atoms with Gasteiger partial charge in [-0.2, -0.15) is 0 Å². The van der Waals surface area contributed by atoms with Crippen LogP contribution in [0.4, 0.5) is 0 Å². The molecule has 0 fully saturated rings. The Bertz CT molecular complexity index is 512. The summed E-state index contributed by atoms with van der Waals surface area (Å²) in [5.41, 5.74) is 0.226. The van der Waals surface area contributed by atoms with Gasteiger partial charge in [0.1, 0.15) is 12.2 Å². The highest BCUT2D eigenvalue weighted by atomic mass is 16.5. The molecule has 0 aliphatic heterocycles. The Morgan fingerprint density at radius 1 is 1.43 bits per heavy atom. The molecule has 2 N–H and O–H groups in total. The highest BCUT2D eigenvalue weighted by Crippen LogP contribution is 2.06. The molecule has 1 rings (SSSR count). The molecular formula is C13H19N3O5. The van der Waals surface area contributed by atoms with E-state index in [1.807, 2.05) is 0 Å². The fourth-order valence-electron chi connectivity index (χ4n) is 1.72. The molecule has 2 amide bonds. The fraction of sp³-hybridized carbons (Fsp3) is 0.462. The number of carbonyl (C=O) groups excluding carboxylic acids is 2. The summed E-state index contributed by atoms with van der Waals surface area (Å²) in [6.07, 6.45) is 1.51. The lowest BCUT2D eigenvalue weighted by atomic mass is 10.3. The number of amides is 2. The summed E-state index contributed by atoms with van der Waals surface area (Å²) < 4.78 is 6.13. The SMILES string of the molecule is COCCNC(=O)CN(C)C(=O)c1cccn1CC(=O)O. The Labute approximate surface area is 122 Å². The zero-order chi connectivity index (χ0) is 15.8. The largest absolute Gasteiger partial charge is 0.480 e. The zero-order valence-electron chi connectivity index (χ0n) is 12.0. The zero-order valence-corrected chi connectivity index (χ0v) is 12.0. The van der Waals surface area contributed by atoms with Crippen LogP contribution in [0.2, 0.25) is 0 Å². The van der Waals surface area contributed by atoms with E-state index in [2.05, 4.69) is 5.32 Å². The lowest BCUT2D eigenvalue weighted by Gasteiger charge is -2.17. The number of nitrogens with one attached hydrogen (secondary N) is 1. The van der Waals surface area contributed by atoms with Gasteiger partial charge in [0.2, 0.25) is 5.91 Å². The van der Waals surface area contributed by atoms with E-state index < -0.39 is 11.9 Å². The average Bonchev–Trinajstić information content (AvgIpc) is 2.85. The lowest BCUT2D eigenvalue weighted by Crippen LogP contribution is -2.40. The Hall–Kier alpha value is -2.35. The van der Waals surface area contributed by atoms with Gasteiger partial charge in [-0.1, -0.05) is 0 Å². The normalized spacial score (nSPS) is 10.2. The molecular weight excluding hydrogens is 278 g/mol. The van der Waals surface area contributed by atoms with Gasteiger partial charge in [0.25, 0.3) is 5.91 Å². The molecule has 116 valence electrons. The van der Waals surface area contributed by atoms with E-state index in [0.717, 1.165) is 0 Å². The molecule has 0 unspecified atom stereocenters. The summed E-state index contributed by atoms with van der Waals surface area (Å²) in [4.78, 5) is 35.7. The van der Waals surface area contributed by atoms with Gasteiger partial charge in [0.15, 0.2) is 0 Å². The van der Waals surface area contributed by atoms with E-state index >= 15 is 0 Å². The third kappa shape index (κ3) is 5.27. The maximum atomic E-state index is 12.2. The van der Waals surface area contributed by atoms with E-state index in [-0.39, 0.29) is 24.7 Å². The first kappa shape index (κ1) is 16.7. The van der Waals surface area contributed by atoms with Crippen LogP contribution in [0.15, 0.2) is 18.3 Å². The topological polar surface area (TPSA) is 101 Å². The molecule has 8 nitrogen and oxygen atoms in total. The molecule has 0 aromatic carbocycles. The van der Waals surface area contributed by atoms with Crippen molar-refractivity contribution in [3.8, 4) is 0 Å². The number of carbonyl (C=O) groups is 3. The van der Waals surface area contributed by atoms with Crippen molar-refractivity contribution in [2.45, 2.75) is 6.54 Å². The van der Waals surface area contributed by atoms with E-state index in [4.69, 9.17) is 9.84 Å². The van der Waals surface area contributed by atoms with Crippen molar-refractivity contribution in [2.24, 2.45) is 0 Å². The Balaban J connectivity index is 2.60. The van der Waals surface area contributed by atoms with Crippen LogP contribution in [-0.4, -0.2) is 66.2 Å². The molecule has 21 heavy (non-hydrogen) atoms. The highest BCUT2D eigenvalue weighted by Gasteiger charge is 2.18. The predicted octanol–water partition coefficient (Wildman–Crippen LogP) is -0.593. The molecule has 0 atom stereocenters. The van der Waals surface area contributed by atoms with Crippen LogP contribution in [0.1, 0.15) is 10.5 Å². The minimum atomic E-state index is -1.04. The van der Waals surface area contributed by atoms with E-state index in [1.54, 1.807) is 6.07 Å². The number of hydrogen-bond acceptors (Lipinski definition) is 4. The van der Waals surface area contributed by atoms with Crippen LogP contribution in [-0.2, 0) is 20.9 Å². The molecule has 1 heterocycles.